The summed E-state index contributed by atoms with van der Waals surface area (Å²) in [5, 5.41) is 2.88. The normalized spacial score (nSPS) is 10.1. The molecular weight excluding hydrogens is 196 g/mol. The number of hydrogen-bond acceptors (Lipinski definition) is 4. The van der Waals surface area contributed by atoms with Gasteiger partial charge in [-0.3, -0.25) is 0 Å². The fourth-order valence-corrected chi connectivity index (χ4v) is 1.72. The average molecular weight is 206 g/mol. The predicted molar refractivity (Wildman–Crippen MR) is 56.5 cm³/mol. The highest BCUT2D eigenvalue weighted by Gasteiger charge is 2.01. The first-order valence-electron chi connectivity index (χ1n) is 4.39. The van der Waals surface area contributed by atoms with Gasteiger partial charge in [-0.05, 0) is 19.1 Å². The molecule has 0 saturated carbocycles. The standard InChI is InChI=1S/C10H10N2OS/c1-2-13-8-3-4-9(12-7-8)10-11-5-6-14-10/h3-7H,2H2,1H3. The minimum Gasteiger partial charge on any atom is -0.492 e. The van der Waals surface area contributed by atoms with Crippen LogP contribution in [0.4, 0.5) is 0 Å². The zero-order chi connectivity index (χ0) is 9.80. The van der Waals surface area contributed by atoms with Crippen LogP contribution in [-0.2, 0) is 0 Å². The van der Waals surface area contributed by atoms with Crippen LogP contribution in [0.2, 0.25) is 0 Å². The van der Waals surface area contributed by atoms with Gasteiger partial charge in [0.05, 0.1) is 18.5 Å². The van der Waals surface area contributed by atoms with Crippen molar-refractivity contribution in [2.24, 2.45) is 0 Å². The summed E-state index contributed by atoms with van der Waals surface area (Å²) < 4.78 is 5.30. The average Bonchev–Trinajstić information content (AvgIpc) is 2.72. The molecule has 0 radical (unpaired) electrons. The highest BCUT2D eigenvalue weighted by atomic mass is 32.1. The van der Waals surface area contributed by atoms with Crippen molar-refractivity contribution in [2.75, 3.05) is 6.61 Å². The lowest BCUT2D eigenvalue weighted by molar-refractivity contribution is 0.339. The van der Waals surface area contributed by atoms with Crippen molar-refractivity contribution in [1.29, 1.82) is 0 Å². The topological polar surface area (TPSA) is 35.0 Å². The number of nitrogens with zero attached hydrogens (tertiary/aromatic N) is 2. The monoisotopic (exact) mass is 206 g/mol. The van der Waals surface area contributed by atoms with E-state index < -0.39 is 0 Å². The van der Waals surface area contributed by atoms with Crippen molar-refractivity contribution in [1.82, 2.24) is 9.97 Å². The van der Waals surface area contributed by atoms with Crippen molar-refractivity contribution < 1.29 is 4.74 Å². The van der Waals surface area contributed by atoms with Gasteiger partial charge in [-0.15, -0.1) is 11.3 Å². The third-order valence-corrected chi connectivity index (χ3v) is 2.49. The van der Waals surface area contributed by atoms with Gasteiger partial charge >= 0.3 is 0 Å². The Balaban J connectivity index is 2.22. The van der Waals surface area contributed by atoms with Crippen molar-refractivity contribution in [3.05, 3.63) is 29.9 Å². The van der Waals surface area contributed by atoms with Gasteiger partial charge in [0.25, 0.3) is 0 Å². The lowest BCUT2D eigenvalue weighted by Crippen LogP contribution is -1.92. The summed E-state index contributed by atoms with van der Waals surface area (Å²) in [6, 6.07) is 3.83. The van der Waals surface area contributed by atoms with E-state index in [2.05, 4.69) is 9.97 Å². The molecule has 0 amide bonds. The Hall–Kier alpha value is -1.42. The molecule has 0 aliphatic rings. The van der Waals surface area contributed by atoms with Crippen LogP contribution in [-0.4, -0.2) is 16.6 Å². The number of thiazole rings is 1. The lowest BCUT2D eigenvalue weighted by atomic mass is 10.3. The van der Waals surface area contributed by atoms with Crippen LogP contribution in [0.1, 0.15) is 6.92 Å². The molecule has 0 aliphatic heterocycles. The number of ether oxygens (including phenoxy) is 1. The first-order chi connectivity index (χ1) is 6.90. The molecule has 2 aromatic rings. The first kappa shape index (κ1) is 9.15. The van der Waals surface area contributed by atoms with Crippen molar-refractivity contribution in [3.8, 4) is 16.5 Å². The van der Waals surface area contributed by atoms with Crippen LogP contribution < -0.4 is 4.74 Å². The molecular formula is C10H10N2OS. The van der Waals surface area contributed by atoms with E-state index in [1.165, 1.54) is 0 Å². The molecule has 3 nitrogen and oxygen atoms in total. The molecule has 72 valence electrons. The molecule has 0 N–H and O–H groups in total. The molecule has 14 heavy (non-hydrogen) atoms. The summed E-state index contributed by atoms with van der Waals surface area (Å²) >= 11 is 1.58. The molecule has 0 aliphatic carbocycles. The van der Waals surface area contributed by atoms with Gasteiger partial charge < -0.3 is 4.74 Å². The minimum absolute atomic E-state index is 0.665. The number of pyridine rings is 1. The van der Waals surface area contributed by atoms with Crippen LogP contribution >= 0.6 is 11.3 Å². The number of rotatable bonds is 3. The van der Waals surface area contributed by atoms with Gasteiger partial charge in [0.1, 0.15) is 10.8 Å². The van der Waals surface area contributed by atoms with Gasteiger partial charge in [0.2, 0.25) is 0 Å². The van der Waals surface area contributed by atoms with E-state index in [1.807, 2.05) is 24.4 Å². The molecule has 0 fully saturated rings. The van der Waals surface area contributed by atoms with E-state index in [1.54, 1.807) is 23.7 Å². The highest BCUT2D eigenvalue weighted by molar-refractivity contribution is 7.13. The smallest absolute Gasteiger partial charge is 0.141 e. The molecule has 4 heteroatoms. The molecule has 0 atom stereocenters. The second-order valence-corrected chi connectivity index (χ2v) is 3.54. The van der Waals surface area contributed by atoms with E-state index in [9.17, 15) is 0 Å². The Morgan fingerprint density at radius 1 is 1.36 bits per heavy atom. The van der Waals surface area contributed by atoms with Crippen LogP contribution in [0.25, 0.3) is 10.7 Å². The predicted octanol–water partition coefficient (Wildman–Crippen LogP) is 2.60. The second-order valence-electron chi connectivity index (χ2n) is 2.65. The van der Waals surface area contributed by atoms with Crippen molar-refractivity contribution in [3.63, 3.8) is 0 Å². The summed E-state index contributed by atoms with van der Waals surface area (Å²) in [5.74, 6) is 0.799. The van der Waals surface area contributed by atoms with Gasteiger partial charge in [-0.25, -0.2) is 9.97 Å². The minimum atomic E-state index is 0.665. The second kappa shape index (κ2) is 4.19. The molecule has 2 rings (SSSR count). The maximum Gasteiger partial charge on any atom is 0.141 e. The van der Waals surface area contributed by atoms with Gasteiger partial charge in [-0.1, -0.05) is 0 Å². The van der Waals surface area contributed by atoms with E-state index >= 15 is 0 Å². The van der Waals surface area contributed by atoms with E-state index in [0.29, 0.717) is 6.61 Å². The quantitative estimate of drug-likeness (QED) is 0.774. The Morgan fingerprint density at radius 2 is 2.29 bits per heavy atom. The largest absolute Gasteiger partial charge is 0.492 e. The Kier molecular flexibility index (Phi) is 2.74. The highest BCUT2D eigenvalue weighted by Crippen LogP contribution is 2.20. The lowest BCUT2D eigenvalue weighted by Gasteiger charge is -2.01. The molecule has 2 heterocycles. The number of aromatic nitrogens is 2. The Bertz CT molecular complexity index is 383. The van der Waals surface area contributed by atoms with Gasteiger partial charge in [-0.2, -0.15) is 0 Å². The molecule has 0 spiro atoms. The Labute approximate surface area is 86.4 Å². The van der Waals surface area contributed by atoms with Crippen LogP contribution in [0.3, 0.4) is 0 Å². The van der Waals surface area contributed by atoms with Crippen LogP contribution in [0.5, 0.6) is 5.75 Å². The summed E-state index contributed by atoms with van der Waals surface area (Å²) in [6.07, 6.45) is 3.50. The summed E-state index contributed by atoms with van der Waals surface area (Å²) in [7, 11) is 0. The fourth-order valence-electron chi connectivity index (χ4n) is 1.11. The summed E-state index contributed by atoms with van der Waals surface area (Å²) in [6.45, 7) is 2.62. The summed E-state index contributed by atoms with van der Waals surface area (Å²) in [5.41, 5.74) is 0.892. The molecule has 0 saturated heterocycles. The number of hydrogen-bond donors (Lipinski definition) is 0. The van der Waals surface area contributed by atoms with Gasteiger partial charge in [0, 0.05) is 11.6 Å². The van der Waals surface area contributed by atoms with Crippen molar-refractivity contribution in [2.45, 2.75) is 6.92 Å². The molecule has 0 bridgehead atoms. The molecule has 0 aromatic carbocycles. The summed E-state index contributed by atoms with van der Waals surface area (Å²) in [4.78, 5) is 8.44. The van der Waals surface area contributed by atoms with E-state index in [-0.39, 0.29) is 0 Å². The molecule has 0 unspecified atom stereocenters. The zero-order valence-electron chi connectivity index (χ0n) is 7.80. The maximum atomic E-state index is 5.30. The fraction of sp³-hybridized carbons (Fsp3) is 0.200. The van der Waals surface area contributed by atoms with Crippen LogP contribution in [0.15, 0.2) is 29.9 Å². The van der Waals surface area contributed by atoms with E-state index in [0.717, 1.165) is 16.5 Å². The molecule has 2 aromatic heterocycles. The SMILES string of the molecule is CCOc1ccc(-c2nccs2)nc1. The third-order valence-electron chi connectivity index (χ3n) is 1.70. The zero-order valence-corrected chi connectivity index (χ0v) is 8.62. The van der Waals surface area contributed by atoms with Crippen LogP contribution in [0, 0.1) is 0 Å². The third kappa shape index (κ3) is 1.90. The van der Waals surface area contributed by atoms with Crippen molar-refractivity contribution >= 4 is 11.3 Å². The van der Waals surface area contributed by atoms with Gasteiger partial charge in [0.15, 0.2) is 0 Å². The maximum absolute atomic E-state index is 5.30. The Morgan fingerprint density at radius 3 is 2.86 bits per heavy atom. The van der Waals surface area contributed by atoms with E-state index in [4.69, 9.17) is 4.74 Å². The first-order valence-corrected chi connectivity index (χ1v) is 5.27.